The fourth-order valence-corrected chi connectivity index (χ4v) is 2.89. The van der Waals surface area contributed by atoms with Crippen molar-refractivity contribution in [3.63, 3.8) is 0 Å². The highest BCUT2D eigenvalue weighted by Gasteiger charge is 2.31. The third-order valence-electron chi connectivity index (χ3n) is 4.07. The van der Waals surface area contributed by atoms with Gasteiger partial charge in [-0.05, 0) is 43.7 Å². The molecule has 2 aromatic carbocycles. The molecule has 26 heavy (non-hydrogen) atoms. The number of amides is 3. The summed E-state index contributed by atoms with van der Waals surface area (Å²) in [4.78, 5) is 24.8. The highest BCUT2D eigenvalue weighted by molar-refractivity contribution is 6.06. The molecule has 0 saturated carbocycles. The van der Waals surface area contributed by atoms with Crippen LogP contribution in [0.5, 0.6) is 5.75 Å². The molecule has 6 heteroatoms. The van der Waals surface area contributed by atoms with Crippen LogP contribution in [-0.2, 0) is 4.79 Å². The van der Waals surface area contributed by atoms with Gasteiger partial charge in [0.2, 0.25) is 0 Å². The number of ether oxygens (including phenoxy) is 1. The van der Waals surface area contributed by atoms with Gasteiger partial charge in [0.25, 0.3) is 5.91 Å². The predicted molar refractivity (Wildman–Crippen MR) is 99.8 cm³/mol. The van der Waals surface area contributed by atoms with Gasteiger partial charge in [-0.25, -0.2) is 4.79 Å². The SMILES string of the molecule is CCOc1ccc(NC(=O)C2=C(C)NC(=O)N[C@H]2c2ccccc2)cc1. The largest absolute Gasteiger partial charge is 0.494 e. The smallest absolute Gasteiger partial charge is 0.319 e. The second-order valence-electron chi connectivity index (χ2n) is 5.89. The highest BCUT2D eigenvalue weighted by atomic mass is 16.5. The summed E-state index contributed by atoms with van der Waals surface area (Å²) in [6.07, 6.45) is 0. The molecule has 1 aliphatic heterocycles. The van der Waals surface area contributed by atoms with Crippen molar-refractivity contribution in [3.05, 3.63) is 71.4 Å². The van der Waals surface area contributed by atoms with Gasteiger partial charge in [0, 0.05) is 11.4 Å². The zero-order chi connectivity index (χ0) is 18.5. The maximum Gasteiger partial charge on any atom is 0.319 e. The lowest BCUT2D eigenvalue weighted by Crippen LogP contribution is -2.45. The van der Waals surface area contributed by atoms with E-state index in [0.29, 0.717) is 23.6 Å². The first-order chi connectivity index (χ1) is 12.6. The van der Waals surface area contributed by atoms with Gasteiger partial charge < -0.3 is 20.7 Å². The van der Waals surface area contributed by atoms with Gasteiger partial charge in [0.1, 0.15) is 5.75 Å². The Morgan fingerprint density at radius 3 is 2.46 bits per heavy atom. The van der Waals surface area contributed by atoms with Crippen molar-refractivity contribution in [2.24, 2.45) is 0 Å². The summed E-state index contributed by atoms with van der Waals surface area (Å²) in [5, 5.41) is 8.37. The molecule has 0 spiro atoms. The van der Waals surface area contributed by atoms with Crippen molar-refractivity contribution >= 4 is 17.6 Å². The van der Waals surface area contributed by atoms with Crippen LogP contribution in [0.2, 0.25) is 0 Å². The molecule has 1 heterocycles. The van der Waals surface area contributed by atoms with Crippen LogP contribution in [0.4, 0.5) is 10.5 Å². The number of benzene rings is 2. The summed E-state index contributed by atoms with van der Waals surface area (Å²) in [5.74, 6) is 0.475. The van der Waals surface area contributed by atoms with E-state index in [1.165, 1.54) is 0 Å². The maximum absolute atomic E-state index is 12.9. The van der Waals surface area contributed by atoms with E-state index in [2.05, 4.69) is 16.0 Å². The summed E-state index contributed by atoms with van der Waals surface area (Å²) in [6, 6.07) is 15.7. The molecule has 0 aromatic heterocycles. The fourth-order valence-electron chi connectivity index (χ4n) is 2.89. The summed E-state index contributed by atoms with van der Waals surface area (Å²) in [7, 11) is 0. The number of carbonyl (C=O) groups is 2. The van der Waals surface area contributed by atoms with Gasteiger partial charge in [-0.3, -0.25) is 4.79 Å². The molecule has 0 fully saturated rings. The van der Waals surface area contributed by atoms with Crippen molar-refractivity contribution < 1.29 is 14.3 Å². The maximum atomic E-state index is 12.9. The molecule has 0 radical (unpaired) electrons. The minimum Gasteiger partial charge on any atom is -0.494 e. The Bertz CT molecular complexity index is 829. The van der Waals surface area contributed by atoms with E-state index in [0.717, 1.165) is 11.3 Å². The van der Waals surface area contributed by atoms with E-state index in [1.54, 1.807) is 31.2 Å². The minimum atomic E-state index is -0.507. The molecule has 0 bridgehead atoms. The summed E-state index contributed by atoms with van der Waals surface area (Å²) in [5.41, 5.74) is 2.51. The first-order valence-electron chi connectivity index (χ1n) is 8.46. The Morgan fingerprint density at radius 2 is 1.81 bits per heavy atom. The molecule has 1 aliphatic rings. The number of nitrogens with one attached hydrogen (secondary N) is 3. The zero-order valence-electron chi connectivity index (χ0n) is 14.7. The quantitative estimate of drug-likeness (QED) is 0.773. The predicted octanol–water partition coefficient (Wildman–Crippen LogP) is 3.35. The van der Waals surface area contributed by atoms with Gasteiger partial charge in [0.15, 0.2) is 0 Å². The molecule has 3 rings (SSSR count). The summed E-state index contributed by atoms with van der Waals surface area (Å²) >= 11 is 0. The van der Waals surface area contributed by atoms with Gasteiger partial charge in [-0.1, -0.05) is 30.3 Å². The van der Waals surface area contributed by atoms with Crippen LogP contribution in [0.3, 0.4) is 0 Å². The van der Waals surface area contributed by atoms with E-state index in [4.69, 9.17) is 4.74 Å². The van der Waals surface area contributed by atoms with Gasteiger partial charge in [0.05, 0.1) is 18.2 Å². The van der Waals surface area contributed by atoms with Crippen LogP contribution in [0, 0.1) is 0 Å². The first-order valence-corrected chi connectivity index (χ1v) is 8.46. The Morgan fingerprint density at radius 1 is 1.12 bits per heavy atom. The Labute approximate surface area is 152 Å². The number of anilines is 1. The molecule has 0 aliphatic carbocycles. The molecule has 6 nitrogen and oxygen atoms in total. The fraction of sp³-hybridized carbons (Fsp3) is 0.200. The Kier molecular flexibility index (Phi) is 5.22. The van der Waals surface area contributed by atoms with Crippen molar-refractivity contribution in [3.8, 4) is 5.75 Å². The van der Waals surface area contributed by atoms with Crippen LogP contribution in [0.1, 0.15) is 25.5 Å². The number of urea groups is 1. The second kappa shape index (κ2) is 7.74. The van der Waals surface area contributed by atoms with E-state index < -0.39 is 6.04 Å². The van der Waals surface area contributed by atoms with Gasteiger partial charge in [-0.2, -0.15) is 0 Å². The average Bonchev–Trinajstić information content (AvgIpc) is 2.63. The number of carbonyl (C=O) groups excluding carboxylic acids is 2. The van der Waals surface area contributed by atoms with Crippen LogP contribution < -0.4 is 20.7 Å². The molecule has 0 unspecified atom stereocenters. The van der Waals surface area contributed by atoms with Gasteiger partial charge in [-0.15, -0.1) is 0 Å². The van der Waals surface area contributed by atoms with Crippen molar-refractivity contribution in [2.45, 2.75) is 19.9 Å². The second-order valence-corrected chi connectivity index (χ2v) is 5.89. The Hall–Kier alpha value is -3.28. The van der Waals surface area contributed by atoms with Crippen LogP contribution in [0.25, 0.3) is 0 Å². The molecule has 0 saturated heterocycles. The number of rotatable bonds is 5. The summed E-state index contributed by atoms with van der Waals surface area (Å²) in [6.45, 7) is 4.22. The zero-order valence-corrected chi connectivity index (χ0v) is 14.7. The molecule has 3 N–H and O–H groups in total. The molecule has 2 aromatic rings. The average molecular weight is 351 g/mol. The van der Waals surface area contributed by atoms with Crippen molar-refractivity contribution in [1.82, 2.24) is 10.6 Å². The molecular formula is C20H21N3O3. The molecular weight excluding hydrogens is 330 g/mol. The topological polar surface area (TPSA) is 79.5 Å². The van der Waals surface area contributed by atoms with E-state index >= 15 is 0 Å². The molecule has 3 amide bonds. The lowest BCUT2D eigenvalue weighted by Gasteiger charge is -2.28. The third kappa shape index (κ3) is 3.85. The Balaban J connectivity index is 1.85. The summed E-state index contributed by atoms with van der Waals surface area (Å²) < 4.78 is 5.41. The van der Waals surface area contributed by atoms with Gasteiger partial charge >= 0.3 is 6.03 Å². The number of hydrogen-bond acceptors (Lipinski definition) is 3. The first kappa shape index (κ1) is 17.5. The van der Waals surface area contributed by atoms with Crippen LogP contribution in [-0.4, -0.2) is 18.5 Å². The number of allylic oxidation sites excluding steroid dienone is 1. The third-order valence-corrected chi connectivity index (χ3v) is 4.07. The minimum absolute atomic E-state index is 0.270. The lowest BCUT2D eigenvalue weighted by molar-refractivity contribution is -0.113. The van der Waals surface area contributed by atoms with E-state index in [9.17, 15) is 9.59 Å². The highest BCUT2D eigenvalue weighted by Crippen LogP contribution is 2.27. The van der Waals surface area contributed by atoms with Crippen LogP contribution >= 0.6 is 0 Å². The van der Waals surface area contributed by atoms with Crippen molar-refractivity contribution in [2.75, 3.05) is 11.9 Å². The molecule has 134 valence electrons. The van der Waals surface area contributed by atoms with Crippen LogP contribution in [0.15, 0.2) is 65.9 Å². The van der Waals surface area contributed by atoms with E-state index in [1.807, 2.05) is 37.3 Å². The normalized spacial score (nSPS) is 16.5. The standard InChI is InChI=1S/C20H21N3O3/c1-3-26-16-11-9-15(10-12-16)22-19(24)17-13(2)21-20(25)23-18(17)14-7-5-4-6-8-14/h4-12,18H,3H2,1-2H3,(H,22,24)(H2,21,23,25)/t18-/m0/s1. The van der Waals surface area contributed by atoms with Crippen molar-refractivity contribution in [1.29, 1.82) is 0 Å². The monoisotopic (exact) mass is 351 g/mol. The lowest BCUT2D eigenvalue weighted by atomic mass is 9.95. The van der Waals surface area contributed by atoms with E-state index in [-0.39, 0.29) is 11.9 Å². The molecule has 1 atom stereocenters. The number of hydrogen-bond donors (Lipinski definition) is 3.